The standard InChI is InChI=1S/C32H50N4O9/c1-2-3-4-7-10-13-24(37)14-11-8-5-6-9-12-15-25(32(45,30(43)44)21-27(38)39)28(40)36-26(29(41)42)20-22-16-18-23(19-17-22)35-31(33)34/h12,15-19,25-26,31,35,45H,2-11,13-14,20-21,33-34H2,1H3,(H,36,40)(H,38,39)(H,41,42)(H,43,44)/b15-12+. The normalized spacial score (nSPS) is 14.1. The summed E-state index contributed by atoms with van der Waals surface area (Å²) in [5.74, 6) is -7.77. The van der Waals surface area contributed by atoms with Crippen LogP contribution in [-0.4, -0.2) is 68.0 Å². The molecule has 252 valence electrons. The average molecular weight is 635 g/mol. The molecule has 3 unspecified atom stereocenters. The van der Waals surface area contributed by atoms with Crippen LogP contribution < -0.4 is 22.1 Å². The van der Waals surface area contributed by atoms with Crippen LogP contribution in [0.2, 0.25) is 0 Å². The van der Waals surface area contributed by atoms with Crippen molar-refractivity contribution in [3.8, 4) is 0 Å². The summed E-state index contributed by atoms with van der Waals surface area (Å²) in [4.78, 5) is 60.7. The van der Waals surface area contributed by atoms with Crippen LogP contribution >= 0.6 is 0 Å². The summed E-state index contributed by atoms with van der Waals surface area (Å²) in [5, 5.41) is 44.6. The maximum absolute atomic E-state index is 13.2. The number of Topliss-reactive ketones (excluding diaryl/α,β-unsaturated/α-hetero) is 1. The molecular weight excluding hydrogens is 584 g/mol. The number of hydrogen-bond acceptors (Lipinski definition) is 9. The second kappa shape index (κ2) is 21.0. The number of nitrogens with one attached hydrogen (secondary N) is 2. The molecule has 1 rings (SSSR count). The summed E-state index contributed by atoms with van der Waals surface area (Å²) >= 11 is 0. The Hall–Kier alpha value is -3.81. The van der Waals surface area contributed by atoms with E-state index in [0.29, 0.717) is 36.9 Å². The molecule has 0 aliphatic carbocycles. The Morgan fingerprint density at radius 2 is 1.44 bits per heavy atom. The Balaban J connectivity index is 2.83. The molecule has 10 N–H and O–H groups in total. The quantitative estimate of drug-likeness (QED) is 0.0439. The van der Waals surface area contributed by atoms with Crippen molar-refractivity contribution in [1.82, 2.24) is 5.32 Å². The SMILES string of the molecule is CCCCCCCC(=O)CCCCCC/C=C/C(C(=O)NC(Cc1ccc(NC(N)N)cc1)C(=O)O)C(O)(CC(=O)O)C(=O)O. The summed E-state index contributed by atoms with van der Waals surface area (Å²) in [7, 11) is 0. The van der Waals surface area contributed by atoms with Gasteiger partial charge in [0.15, 0.2) is 5.60 Å². The summed E-state index contributed by atoms with van der Waals surface area (Å²) in [6.07, 6.45) is 10.3. The highest BCUT2D eigenvalue weighted by Gasteiger charge is 2.49. The van der Waals surface area contributed by atoms with E-state index in [0.717, 1.165) is 51.0 Å². The molecule has 13 nitrogen and oxygen atoms in total. The molecule has 0 radical (unpaired) electrons. The van der Waals surface area contributed by atoms with Gasteiger partial charge in [0.05, 0.1) is 12.3 Å². The number of amides is 1. The molecule has 13 heteroatoms. The molecule has 1 aromatic rings. The number of unbranched alkanes of at least 4 members (excludes halogenated alkanes) is 8. The van der Waals surface area contributed by atoms with E-state index in [1.807, 2.05) is 0 Å². The van der Waals surface area contributed by atoms with Gasteiger partial charge in [0, 0.05) is 24.9 Å². The number of anilines is 1. The second-order valence-corrected chi connectivity index (χ2v) is 11.3. The Morgan fingerprint density at radius 3 is 1.96 bits per heavy atom. The average Bonchev–Trinajstić information content (AvgIpc) is 2.95. The molecule has 0 saturated heterocycles. The molecule has 0 aliphatic rings. The van der Waals surface area contributed by atoms with Gasteiger partial charge in [-0.05, 0) is 43.4 Å². The molecule has 45 heavy (non-hydrogen) atoms. The van der Waals surface area contributed by atoms with Crippen LogP contribution in [0.4, 0.5) is 5.69 Å². The number of nitrogens with two attached hydrogens (primary N) is 2. The first-order valence-corrected chi connectivity index (χ1v) is 15.6. The van der Waals surface area contributed by atoms with Crippen molar-refractivity contribution in [1.29, 1.82) is 0 Å². The Bertz CT molecular complexity index is 1120. The zero-order chi connectivity index (χ0) is 33.8. The molecular formula is C32H50N4O9. The number of aliphatic carboxylic acids is 3. The van der Waals surface area contributed by atoms with E-state index in [2.05, 4.69) is 17.6 Å². The third-order valence-corrected chi connectivity index (χ3v) is 7.39. The van der Waals surface area contributed by atoms with Gasteiger partial charge in [0.25, 0.3) is 0 Å². The number of hydrogen-bond donors (Lipinski definition) is 8. The first kappa shape index (κ1) is 39.2. The van der Waals surface area contributed by atoms with Crippen molar-refractivity contribution in [2.75, 3.05) is 5.32 Å². The van der Waals surface area contributed by atoms with E-state index < -0.39 is 54.1 Å². The lowest BCUT2D eigenvalue weighted by atomic mass is 9.82. The maximum atomic E-state index is 13.2. The van der Waals surface area contributed by atoms with Crippen LogP contribution in [0, 0.1) is 5.92 Å². The molecule has 1 aromatic carbocycles. The van der Waals surface area contributed by atoms with Gasteiger partial charge >= 0.3 is 17.9 Å². The molecule has 0 saturated carbocycles. The largest absolute Gasteiger partial charge is 0.481 e. The second-order valence-electron chi connectivity index (χ2n) is 11.3. The van der Waals surface area contributed by atoms with Crippen LogP contribution in [-0.2, 0) is 30.4 Å². The third-order valence-electron chi connectivity index (χ3n) is 7.39. The lowest BCUT2D eigenvalue weighted by Crippen LogP contribution is -2.55. The summed E-state index contributed by atoms with van der Waals surface area (Å²) in [6, 6.07) is 4.89. The number of rotatable bonds is 25. The Morgan fingerprint density at radius 1 is 0.867 bits per heavy atom. The number of carbonyl (C=O) groups excluding carboxylic acids is 2. The summed E-state index contributed by atoms with van der Waals surface area (Å²) in [5.41, 5.74) is 9.03. The number of carboxylic acid groups (broad SMARTS) is 3. The van der Waals surface area contributed by atoms with Crippen LogP contribution in [0.3, 0.4) is 0 Å². The Labute approximate surface area is 264 Å². The van der Waals surface area contributed by atoms with Crippen molar-refractivity contribution < 1.29 is 44.4 Å². The van der Waals surface area contributed by atoms with Crippen LogP contribution in [0.25, 0.3) is 0 Å². The molecule has 0 bridgehead atoms. The van der Waals surface area contributed by atoms with Gasteiger partial charge in [-0.25, -0.2) is 9.59 Å². The van der Waals surface area contributed by atoms with Gasteiger partial charge in [-0.3, -0.25) is 25.9 Å². The lowest BCUT2D eigenvalue weighted by Gasteiger charge is -2.29. The molecule has 0 fully saturated rings. The van der Waals surface area contributed by atoms with Crippen LogP contribution in [0.15, 0.2) is 36.4 Å². The zero-order valence-corrected chi connectivity index (χ0v) is 26.1. The summed E-state index contributed by atoms with van der Waals surface area (Å²) in [6.45, 7) is 2.14. The maximum Gasteiger partial charge on any atom is 0.337 e. The highest BCUT2D eigenvalue weighted by Crippen LogP contribution is 2.26. The molecule has 0 heterocycles. The van der Waals surface area contributed by atoms with Gasteiger partial charge in [0.1, 0.15) is 18.1 Å². The molecule has 0 spiro atoms. The zero-order valence-electron chi connectivity index (χ0n) is 26.1. The number of aliphatic hydroxyl groups is 1. The van der Waals surface area contributed by atoms with E-state index in [1.165, 1.54) is 12.5 Å². The molecule has 1 amide bonds. The van der Waals surface area contributed by atoms with Crippen molar-refractivity contribution >= 4 is 35.3 Å². The van der Waals surface area contributed by atoms with E-state index in [-0.39, 0.29) is 12.2 Å². The highest BCUT2D eigenvalue weighted by molar-refractivity contribution is 5.94. The van der Waals surface area contributed by atoms with Crippen molar-refractivity contribution in [3.05, 3.63) is 42.0 Å². The number of benzene rings is 1. The minimum atomic E-state index is -3.03. The molecule has 0 aromatic heterocycles. The topological polar surface area (TPSA) is 242 Å². The first-order valence-electron chi connectivity index (χ1n) is 15.6. The van der Waals surface area contributed by atoms with E-state index in [4.69, 9.17) is 11.5 Å². The van der Waals surface area contributed by atoms with Crippen molar-refractivity contribution in [2.45, 2.75) is 115 Å². The van der Waals surface area contributed by atoms with E-state index >= 15 is 0 Å². The number of carboxylic acids is 3. The third kappa shape index (κ3) is 15.7. The predicted octanol–water partition coefficient (Wildman–Crippen LogP) is 3.14. The van der Waals surface area contributed by atoms with E-state index in [9.17, 15) is 44.4 Å². The van der Waals surface area contributed by atoms with Gasteiger partial charge in [0.2, 0.25) is 5.91 Å². The fraction of sp³-hybridized carbons (Fsp3) is 0.594. The van der Waals surface area contributed by atoms with Crippen molar-refractivity contribution in [3.63, 3.8) is 0 Å². The minimum absolute atomic E-state index is 0.182. The Kier molecular flexibility index (Phi) is 18.3. The highest BCUT2D eigenvalue weighted by atomic mass is 16.4. The monoisotopic (exact) mass is 634 g/mol. The van der Waals surface area contributed by atoms with Gasteiger partial charge < -0.3 is 31.1 Å². The molecule has 3 atom stereocenters. The number of carbonyl (C=O) groups is 5. The van der Waals surface area contributed by atoms with Gasteiger partial charge in [-0.2, -0.15) is 0 Å². The minimum Gasteiger partial charge on any atom is -0.481 e. The number of allylic oxidation sites excluding steroid dienone is 1. The van der Waals surface area contributed by atoms with Crippen molar-refractivity contribution in [2.24, 2.45) is 17.4 Å². The van der Waals surface area contributed by atoms with E-state index in [1.54, 1.807) is 24.3 Å². The van der Waals surface area contributed by atoms with Gasteiger partial charge in [-0.15, -0.1) is 0 Å². The first-order chi connectivity index (χ1) is 21.3. The predicted molar refractivity (Wildman–Crippen MR) is 169 cm³/mol. The molecule has 0 aliphatic heterocycles. The smallest absolute Gasteiger partial charge is 0.337 e. The number of ketones is 1. The summed E-state index contributed by atoms with van der Waals surface area (Å²) < 4.78 is 0. The van der Waals surface area contributed by atoms with Crippen LogP contribution in [0.1, 0.15) is 96.0 Å². The van der Waals surface area contributed by atoms with Crippen LogP contribution in [0.5, 0.6) is 0 Å². The fourth-order valence-corrected chi connectivity index (χ4v) is 4.86. The lowest BCUT2D eigenvalue weighted by molar-refractivity contribution is -0.172. The fourth-order valence-electron chi connectivity index (χ4n) is 4.86. The van der Waals surface area contributed by atoms with Gasteiger partial charge in [-0.1, -0.05) is 69.7 Å².